The first-order valence-electron chi connectivity index (χ1n) is 7.20. The van der Waals surface area contributed by atoms with Crippen molar-refractivity contribution in [1.82, 2.24) is 14.8 Å². The van der Waals surface area contributed by atoms with Crippen LogP contribution < -0.4 is 0 Å². The Bertz CT molecular complexity index is 875. The van der Waals surface area contributed by atoms with Crippen molar-refractivity contribution in [2.24, 2.45) is 0 Å². The minimum atomic E-state index is -0.412. The molecule has 0 saturated carbocycles. The van der Waals surface area contributed by atoms with Crippen molar-refractivity contribution in [2.45, 2.75) is 13.5 Å². The monoisotopic (exact) mass is 407 g/mol. The second-order valence-corrected chi connectivity index (χ2v) is 6.56. The molecule has 0 saturated heterocycles. The highest BCUT2D eigenvalue weighted by molar-refractivity contribution is 9.10. The fraction of sp³-hybridized carbons (Fsp3) is 0.188. The molecular formula is C16H14BrN3O3S. The molecular weight excluding hydrogens is 394 g/mol. The van der Waals surface area contributed by atoms with Gasteiger partial charge in [0.1, 0.15) is 0 Å². The molecule has 6 nitrogen and oxygen atoms in total. The van der Waals surface area contributed by atoms with Crippen LogP contribution >= 0.6 is 27.3 Å². The number of hydrogen-bond acceptors (Lipinski definition) is 6. The maximum Gasteiger partial charge on any atom is 0.341 e. The number of thiophene rings is 1. The van der Waals surface area contributed by atoms with E-state index >= 15 is 0 Å². The number of pyridine rings is 1. The number of hydrogen-bond donors (Lipinski definition) is 1. The Morgan fingerprint density at radius 3 is 3.04 bits per heavy atom. The van der Waals surface area contributed by atoms with Gasteiger partial charge in [-0.2, -0.15) is 5.10 Å². The minimum absolute atomic E-state index is 0.0693. The summed E-state index contributed by atoms with van der Waals surface area (Å²) in [6.07, 6.45) is 3.04. The van der Waals surface area contributed by atoms with Crippen LogP contribution in [0.15, 0.2) is 40.4 Å². The molecule has 0 aromatic carbocycles. The number of aliphatic hydroxyl groups is 1. The van der Waals surface area contributed by atoms with Gasteiger partial charge in [0.2, 0.25) is 0 Å². The zero-order chi connectivity index (χ0) is 17.1. The number of aromatic nitrogens is 3. The van der Waals surface area contributed by atoms with E-state index in [0.717, 1.165) is 20.6 Å². The van der Waals surface area contributed by atoms with Gasteiger partial charge >= 0.3 is 5.97 Å². The summed E-state index contributed by atoms with van der Waals surface area (Å²) in [6.45, 7) is 2.00. The lowest BCUT2D eigenvalue weighted by atomic mass is 10.2. The molecule has 0 bridgehead atoms. The highest BCUT2D eigenvalue weighted by atomic mass is 79.9. The van der Waals surface area contributed by atoms with Gasteiger partial charge < -0.3 is 9.84 Å². The second-order valence-electron chi connectivity index (χ2n) is 4.82. The van der Waals surface area contributed by atoms with E-state index in [2.05, 4.69) is 26.0 Å². The smallest absolute Gasteiger partial charge is 0.341 e. The third kappa shape index (κ3) is 3.26. The molecule has 0 radical (unpaired) electrons. The molecule has 3 aromatic heterocycles. The molecule has 124 valence electrons. The summed E-state index contributed by atoms with van der Waals surface area (Å²) >= 11 is 4.93. The first-order valence-corrected chi connectivity index (χ1v) is 8.87. The number of esters is 1. The van der Waals surface area contributed by atoms with Crippen molar-refractivity contribution in [3.63, 3.8) is 0 Å². The first kappa shape index (κ1) is 16.8. The predicted octanol–water partition coefficient (Wildman–Crippen LogP) is 3.43. The normalized spacial score (nSPS) is 10.8. The van der Waals surface area contributed by atoms with Crippen LogP contribution in [0.25, 0.3) is 16.4 Å². The number of ether oxygens (including phenoxy) is 1. The summed E-state index contributed by atoms with van der Waals surface area (Å²) < 4.78 is 7.35. The van der Waals surface area contributed by atoms with Gasteiger partial charge in [0.15, 0.2) is 5.82 Å². The Morgan fingerprint density at radius 1 is 1.46 bits per heavy atom. The molecule has 1 N–H and O–H groups in total. The van der Waals surface area contributed by atoms with E-state index in [1.165, 1.54) is 22.2 Å². The van der Waals surface area contributed by atoms with E-state index < -0.39 is 5.97 Å². The number of aliphatic hydroxyl groups excluding tert-OH is 1. The maximum absolute atomic E-state index is 11.7. The summed E-state index contributed by atoms with van der Waals surface area (Å²) in [7, 11) is 0. The third-order valence-corrected chi connectivity index (χ3v) is 5.35. The van der Waals surface area contributed by atoms with E-state index in [-0.39, 0.29) is 6.61 Å². The van der Waals surface area contributed by atoms with E-state index in [4.69, 9.17) is 4.74 Å². The van der Waals surface area contributed by atoms with Crippen LogP contribution in [-0.2, 0) is 11.3 Å². The van der Waals surface area contributed by atoms with Gasteiger partial charge in [-0.1, -0.05) is 6.07 Å². The van der Waals surface area contributed by atoms with Crippen LogP contribution in [-0.4, -0.2) is 32.4 Å². The zero-order valence-corrected chi connectivity index (χ0v) is 15.2. The fourth-order valence-electron chi connectivity index (χ4n) is 2.17. The largest absolute Gasteiger partial charge is 0.462 e. The fourth-order valence-corrected chi connectivity index (χ4v) is 3.82. The lowest BCUT2D eigenvalue weighted by Crippen LogP contribution is -2.03. The maximum atomic E-state index is 11.7. The third-order valence-electron chi connectivity index (χ3n) is 3.30. The quantitative estimate of drug-likeness (QED) is 0.655. The Balaban J connectivity index is 1.95. The SMILES string of the molecule is CCOC(=O)c1cnn(-c2cccc(-c3scc(Br)c3CO)n2)c1. The molecule has 3 heterocycles. The number of nitrogens with zero attached hydrogens (tertiary/aromatic N) is 3. The zero-order valence-electron chi connectivity index (χ0n) is 12.8. The number of halogens is 1. The Morgan fingerprint density at radius 2 is 2.29 bits per heavy atom. The van der Waals surface area contributed by atoms with Crippen LogP contribution in [0, 0.1) is 0 Å². The molecule has 0 aliphatic rings. The van der Waals surface area contributed by atoms with Gasteiger partial charge in [0, 0.05) is 21.6 Å². The van der Waals surface area contributed by atoms with Gasteiger partial charge in [-0.15, -0.1) is 11.3 Å². The van der Waals surface area contributed by atoms with E-state index in [9.17, 15) is 9.90 Å². The van der Waals surface area contributed by atoms with Gasteiger partial charge in [-0.05, 0) is 35.0 Å². The summed E-state index contributed by atoms with van der Waals surface area (Å²) in [4.78, 5) is 17.2. The van der Waals surface area contributed by atoms with Crippen LogP contribution in [0.4, 0.5) is 0 Å². The van der Waals surface area contributed by atoms with E-state index in [1.807, 2.05) is 17.5 Å². The number of rotatable bonds is 5. The average Bonchev–Trinajstić information content (AvgIpc) is 3.22. The molecule has 3 rings (SSSR count). The highest BCUT2D eigenvalue weighted by Crippen LogP contribution is 2.35. The average molecular weight is 408 g/mol. The molecule has 3 aromatic rings. The molecule has 0 aliphatic carbocycles. The minimum Gasteiger partial charge on any atom is -0.462 e. The first-order chi connectivity index (χ1) is 11.6. The van der Waals surface area contributed by atoms with Crippen LogP contribution in [0.3, 0.4) is 0 Å². The second kappa shape index (κ2) is 7.25. The summed E-state index contributed by atoms with van der Waals surface area (Å²) in [5, 5.41) is 15.6. The van der Waals surface area contributed by atoms with Gasteiger partial charge in [-0.25, -0.2) is 14.5 Å². The Kier molecular flexibility index (Phi) is 5.08. The van der Waals surface area contributed by atoms with Crippen molar-refractivity contribution in [2.75, 3.05) is 6.61 Å². The lowest BCUT2D eigenvalue weighted by Gasteiger charge is -2.05. The Hall–Kier alpha value is -2.03. The lowest BCUT2D eigenvalue weighted by molar-refractivity contribution is 0.0526. The van der Waals surface area contributed by atoms with E-state index in [0.29, 0.717) is 18.0 Å². The molecule has 0 unspecified atom stereocenters. The molecule has 0 spiro atoms. The molecule has 0 amide bonds. The summed E-state index contributed by atoms with van der Waals surface area (Å²) in [6, 6.07) is 5.53. The summed E-state index contributed by atoms with van der Waals surface area (Å²) in [5.41, 5.74) is 1.91. The van der Waals surface area contributed by atoms with Crippen LogP contribution in [0.5, 0.6) is 0 Å². The highest BCUT2D eigenvalue weighted by Gasteiger charge is 2.14. The molecule has 24 heavy (non-hydrogen) atoms. The number of carbonyl (C=O) groups is 1. The standard InChI is InChI=1S/C16H14BrN3O3S/c1-2-23-16(22)10-6-18-20(7-10)14-5-3-4-13(19-14)15-11(8-21)12(17)9-24-15/h3-7,9,21H,2,8H2,1H3. The van der Waals surface area contributed by atoms with Crippen LogP contribution in [0.2, 0.25) is 0 Å². The molecule has 0 fully saturated rings. The Labute approximate surface area is 150 Å². The van der Waals surface area contributed by atoms with Crippen molar-refractivity contribution in [3.05, 3.63) is 51.6 Å². The topological polar surface area (TPSA) is 77.2 Å². The summed E-state index contributed by atoms with van der Waals surface area (Å²) in [5.74, 6) is 0.168. The van der Waals surface area contributed by atoms with Crippen LogP contribution in [0.1, 0.15) is 22.8 Å². The predicted molar refractivity (Wildman–Crippen MR) is 94.3 cm³/mol. The van der Waals surface area contributed by atoms with Gasteiger partial charge in [-0.3, -0.25) is 0 Å². The van der Waals surface area contributed by atoms with Crippen molar-refractivity contribution in [3.8, 4) is 16.4 Å². The van der Waals surface area contributed by atoms with Gasteiger partial charge in [0.25, 0.3) is 0 Å². The van der Waals surface area contributed by atoms with Gasteiger partial charge in [0.05, 0.1) is 35.5 Å². The van der Waals surface area contributed by atoms with Crippen molar-refractivity contribution >= 4 is 33.2 Å². The van der Waals surface area contributed by atoms with Crippen molar-refractivity contribution in [1.29, 1.82) is 0 Å². The van der Waals surface area contributed by atoms with E-state index in [1.54, 1.807) is 19.2 Å². The van der Waals surface area contributed by atoms with Crippen molar-refractivity contribution < 1.29 is 14.6 Å². The molecule has 0 atom stereocenters. The molecule has 8 heteroatoms. The number of carbonyl (C=O) groups excluding carboxylic acids is 1. The molecule has 0 aliphatic heterocycles.